The average molecular weight is 321 g/mol. The lowest BCUT2D eigenvalue weighted by Crippen LogP contribution is -2.21. The molecule has 1 N–H and O–H groups in total. The van der Waals surface area contributed by atoms with Crippen molar-refractivity contribution in [3.63, 3.8) is 0 Å². The molecule has 7 heteroatoms. The number of para-hydroxylation sites is 1. The third kappa shape index (κ3) is 4.50. The van der Waals surface area contributed by atoms with Crippen LogP contribution in [-0.2, 0) is 9.53 Å². The summed E-state index contributed by atoms with van der Waals surface area (Å²) < 4.78 is 35.9. The molecule has 0 bridgehead atoms. The summed E-state index contributed by atoms with van der Waals surface area (Å²) in [6.07, 6.45) is 0. The number of rotatable bonds is 5. The van der Waals surface area contributed by atoms with E-state index in [2.05, 4.69) is 5.32 Å². The summed E-state index contributed by atoms with van der Waals surface area (Å²) in [5, 5.41) is 2.23. The molecule has 2 rings (SSSR count). The summed E-state index contributed by atoms with van der Waals surface area (Å²) in [6.45, 7) is -0.602. The molecule has 0 saturated heterocycles. The normalized spacial score (nSPS) is 10.0. The number of methoxy groups -OCH3 is 1. The van der Waals surface area contributed by atoms with Gasteiger partial charge in [-0.3, -0.25) is 4.79 Å². The van der Waals surface area contributed by atoms with Gasteiger partial charge in [-0.05, 0) is 24.3 Å². The molecule has 23 heavy (non-hydrogen) atoms. The van der Waals surface area contributed by atoms with Crippen LogP contribution in [0.4, 0.5) is 14.5 Å². The Labute approximate surface area is 130 Å². The van der Waals surface area contributed by atoms with Crippen LogP contribution in [0.15, 0.2) is 42.5 Å². The Morgan fingerprint density at radius 3 is 2.39 bits per heavy atom. The number of carbonyl (C=O) groups excluding carboxylic acids is 2. The summed E-state index contributed by atoms with van der Waals surface area (Å²) in [5.74, 6) is -2.82. The largest absolute Gasteiger partial charge is 0.496 e. The Balaban J connectivity index is 1.95. The van der Waals surface area contributed by atoms with Crippen LogP contribution in [0.3, 0.4) is 0 Å². The summed E-state index contributed by atoms with van der Waals surface area (Å²) >= 11 is 0. The summed E-state index contributed by atoms with van der Waals surface area (Å²) in [5.41, 5.74) is 0.0976. The van der Waals surface area contributed by atoms with E-state index in [0.717, 1.165) is 12.1 Å². The van der Waals surface area contributed by atoms with Gasteiger partial charge < -0.3 is 14.8 Å². The maximum atomic E-state index is 13.0. The van der Waals surface area contributed by atoms with Crippen LogP contribution in [-0.4, -0.2) is 25.6 Å². The first-order valence-corrected chi connectivity index (χ1v) is 6.55. The minimum Gasteiger partial charge on any atom is -0.496 e. The van der Waals surface area contributed by atoms with Gasteiger partial charge in [0.15, 0.2) is 6.61 Å². The predicted octanol–water partition coefficient (Wildman–Crippen LogP) is 2.77. The van der Waals surface area contributed by atoms with E-state index in [1.54, 1.807) is 18.2 Å². The number of amides is 1. The van der Waals surface area contributed by atoms with Crippen LogP contribution in [0.5, 0.6) is 5.75 Å². The Kier molecular flexibility index (Phi) is 5.24. The number of halogens is 2. The monoisotopic (exact) mass is 321 g/mol. The third-order valence-electron chi connectivity index (χ3n) is 2.81. The first-order chi connectivity index (χ1) is 11.0. The predicted molar refractivity (Wildman–Crippen MR) is 78.3 cm³/mol. The van der Waals surface area contributed by atoms with Crippen molar-refractivity contribution >= 4 is 17.6 Å². The van der Waals surface area contributed by atoms with Crippen molar-refractivity contribution in [2.75, 3.05) is 19.0 Å². The van der Waals surface area contributed by atoms with Gasteiger partial charge in [-0.1, -0.05) is 12.1 Å². The van der Waals surface area contributed by atoms with Gasteiger partial charge in [-0.25, -0.2) is 13.6 Å². The van der Waals surface area contributed by atoms with Gasteiger partial charge in [-0.2, -0.15) is 0 Å². The van der Waals surface area contributed by atoms with Gasteiger partial charge in [0.25, 0.3) is 5.91 Å². The highest BCUT2D eigenvalue weighted by molar-refractivity contribution is 5.96. The summed E-state index contributed by atoms with van der Waals surface area (Å²) in [4.78, 5) is 23.5. The number of anilines is 1. The quantitative estimate of drug-likeness (QED) is 0.860. The van der Waals surface area contributed by atoms with Gasteiger partial charge in [0.05, 0.1) is 7.11 Å². The van der Waals surface area contributed by atoms with Crippen molar-refractivity contribution in [1.29, 1.82) is 0 Å². The van der Waals surface area contributed by atoms with E-state index in [1.807, 2.05) is 0 Å². The van der Waals surface area contributed by atoms with Crippen molar-refractivity contribution < 1.29 is 27.8 Å². The summed E-state index contributed by atoms with van der Waals surface area (Å²) in [6, 6.07) is 8.94. The molecule has 0 unspecified atom stereocenters. The molecule has 2 aromatic rings. The zero-order valence-corrected chi connectivity index (χ0v) is 12.1. The van der Waals surface area contributed by atoms with Crippen LogP contribution < -0.4 is 10.1 Å². The topological polar surface area (TPSA) is 64.6 Å². The smallest absolute Gasteiger partial charge is 0.342 e. The molecule has 0 fully saturated rings. The molecular weight excluding hydrogens is 308 g/mol. The summed E-state index contributed by atoms with van der Waals surface area (Å²) in [7, 11) is 1.40. The molecule has 2 aromatic carbocycles. The molecular formula is C16H13F2NO4. The van der Waals surface area contributed by atoms with Crippen LogP contribution in [0, 0.1) is 11.6 Å². The number of hydrogen-bond donors (Lipinski definition) is 1. The van der Waals surface area contributed by atoms with Crippen LogP contribution in [0.25, 0.3) is 0 Å². The number of hydrogen-bond acceptors (Lipinski definition) is 4. The second-order valence-electron chi connectivity index (χ2n) is 4.48. The molecule has 0 aliphatic heterocycles. The molecule has 0 saturated carbocycles. The second-order valence-corrected chi connectivity index (χ2v) is 4.48. The maximum absolute atomic E-state index is 13.0. The fourth-order valence-corrected chi connectivity index (χ4v) is 1.85. The van der Waals surface area contributed by atoms with Crippen molar-refractivity contribution in [3.8, 4) is 5.75 Å². The molecule has 120 valence electrons. The molecule has 0 aromatic heterocycles. The van der Waals surface area contributed by atoms with E-state index in [1.165, 1.54) is 13.2 Å². The molecule has 0 spiro atoms. The van der Waals surface area contributed by atoms with Gasteiger partial charge in [-0.15, -0.1) is 0 Å². The molecule has 5 nitrogen and oxygen atoms in total. The van der Waals surface area contributed by atoms with Crippen LogP contribution in [0.1, 0.15) is 10.4 Å². The van der Waals surface area contributed by atoms with E-state index >= 15 is 0 Å². The zero-order valence-electron chi connectivity index (χ0n) is 12.1. The lowest BCUT2D eigenvalue weighted by Gasteiger charge is -2.09. The number of esters is 1. The van der Waals surface area contributed by atoms with E-state index in [0.29, 0.717) is 11.8 Å². The number of carbonyl (C=O) groups is 2. The molecule has 0 aliphatic carbocycles. The highest BCUT2D eigenvalue weighted by atomic mass is 19.1. The average Bonchev–Trinajstić information content (AvgIpc) is 2.51. The Hall–Kier alpha value is -2.96. The van der Waals surface area contributed by atoms with Gasteiger partial charge in [0, 0.05) is 11.8 Å². The fraction of sp³-hybridized carbons (Fsp3) is 0.125. The standard InChI is InChI=1S/C16H13F2NO4/c1-22-14-5-3-2-4-13(14)16(21)23-9-15(20)19-12-7-10(17)6-11(18)8-12/h2-8H,9H2,1H3,(H,19,20). The minimum atomic E-state index is -0.827. The van der Waals surface area contributed by atoms with Gasteiger partial charge >= 0.3 is 5.97 Å². The third-order valence-corrected chi connectivity index (χ3v) is 2.81. The fourth-order valence-electron chi connectivity index (χ4n) is 1.85. The SMILES string of the molecule is COc1ccccc1C(=O)OCC(=O)Nc1cc(F)cc(F)c1. The van der Waals surface area contributed by atoms with Crippen molar-refractivity contribution in [3.05, 3.63) is 59.7 Å². The number of ether oxygens (including phenoxy) is 2. The van der Waals surface area contributed by atoms with Crippen molar-refractivity contribution in [1.82, 2.24) is 0 Å². The Morgan fingerprint density at radius 2 is 1.74 bits per heavy atom. The minimum absolute atomic E-state index is 0.0687. The van der Waals surface area contributed by atoms with E-state index < -0.39 is 30.1 Å². The van der Waals surface area contributed by atoms with E-state index in [4.69, 9.17) is 9.47 Å². The van der Waals surface area contributed by atoms with Crippen molar-refractivity contribution in [2.45, 2.75) is 0 Å². The van der Waals surface area contributed by atoms with E-state index in [9.17, 15) is 18.4 Å². The van der Waals surface area contributed by atoms with Gasteiger partial charge in [0.2, 0.25) is 0 Å². The first kappa shape index (κ1) is 16.4. The van der Waals surface area contributed by atoms with Gasteiger partial charge in [0.1, 0.15) is 22.9 Å². The second kappa shape index (κ2) is 7.35. The zero-order chi connectivity index (χ0) is 16.8. The first-order valence-electron chi connectivity index (χ1n) is 6.55. The lowest BCUT2D eigenvalue weighted by atomic mass is 10.2. The van der Waals surface area contributed by atoms with Crippen LogP contribution >= 0.6 is 0 Å². The molecule has 0 radical (unpaired) electrons. The highest BCUT2D eigenvalue weighted by Crippen LogP contribution is 2.18. The Morgan fingerprint density at radius 1 is 1.09 bits per heavy atom. The molecule has 0 aliphatic rings. The lowest BCUT2D eigenvalue weighted by molar-refractivity contribution is -0.119. The van der Waals surface area contributed by atoms with E-state index in [-0.39, 0.29) is 11.3 Å². The Bertz CT molecular complexity index is 714. The maximum Gasteiger partial charge on any atom is 0.342 e. The number of benzene rings is 2. The van der Waals surface area contributed by atoms with Crippen LogP contribution in [0.2, 0.25) is 0 Å². The number of nitrogens with one attached hydrogen (secondary N) is 1. The molecule has 0 atom stereocenters. The van der Waals surface area contributed by atoms with Crippen molar-refractivity contribution in [2.24, 2.45) is 0 Å². The molecule has 0 heterocycles. The molecule has 1 amide bonds. The highest BCUT2D eigenvalue weighted by Gasteiger charge is 2.15.